The Balaban J connectivity index is 2.22. The van der Waals surface area contributed by atoms with Crippen molar-refractivity contribution >= 4 is 33.1 Å². The second-order valence-electron chi connectivity index (χ2n) is 3.61. The largest absolute Gasteiger partial charge is 0.380 e. The summed E-state index contributed by atoms with van der Waals surface area (Å²) < 4.78 is 6.33. The number of aromatic nitrogens is 2. The molecule has 6 heteroatoms. The Morgan fingerprint density at radius 1 is 1.22 bits per heavy atom. The number of nitrogens with zero attached hydrogens (tertiary/aromatic N) is 2. The molecule has 3 aromatic rings. The van der Waals surface area contributed by atoms with Gasteiger partial charge in [-0.25, -0.2) is 0 Å². The standard InChI is InChI=1S/C12H8BrN3OS/c13-8-3-6-18-11(8)10-9(12(14)16-17-10)7-1-4-15-5-2-7/h1-6H,(H2,14,16). The molecule has 0 aliphatic heterocycles. The lowest BCUT2D eigenvalue weighted by atomic mass is 10.1. The molecule has 2 N–H and O–H groups in total. The Bertz CT molecular complexity index is 678. The second-order valence-corrected chi connectivity index (χ2v) is 5.38. The number of anilines is 1. The van der Waals surface area contributed by atoms with Crippen LogP contribution >= 0.6 is 27.3 Å². The molecule has 0 unspecified atom stereocenters. The van der Waals surface area contributed by atoms with Gasteiger partial charge in [0.25, 0.3) is 0 Å². The molecule has 0 saturated heterocycles. The van der Waals surface area contributed by atoms with E-state index >= 15 is 0 Å². The summed E-state index contributed by atoms with van der Waals surface area (Å²) in [5.41, 5.74) is 7.64. The molecule has 90 valence electrons. The zero-order chi connectivity index (χ0) is 12.5. The van der Waals surface area contributed by atoms with Crippen LogP contribution in [0, 0.1) is 0 Å². The Labute approximate surface area is 116 Å². The predicted octanol–water partition coefficient (Wildman–Crippen LogP) is 3.81. The third-order valence-corrected chi connectivity index (χ3v) is 4.35. The Morgan fingerprint density at radius 2 is 2.00 bits per heavy atom. The molecule has 0 bridgehead atoms. The number of hydrogen-bond acceptors (Lipinski definition) is 5. The maximum Gasteiger partial charge on any atom is 0.187 e. The van der Waals surface area contributed by atoms with Crippen LogP contribution in [0.2, 0.25) is 0 Å². The zero-order valence-electron chi connectivity index (χ0n) is 9.13. The first-order chi connectivity index (χ1) is 8.77. The second kappa shape index (κ2) is 4.55. The van der Waals surface area contributed by atoms with Crippen molar-refractivity contribution in [1.29, 1.82) is 0 Å². The van der Waals surface area contributed by atoms with Gasteiger partial charge in [0.05, 0.1) is 10.4 Å². The van der Waals surface area contributed by atoms with Gasteiger partial charge in [0.2, 0.25) is 0 Å². The summed E-state index contributed by atoms with van der Waals surface area (Å²) >= 11 is 5.06. The summed E-state index contributed by atoms with van der Waals surface area (Å²) in [6, 6.07) is 5.73. The highest BCUT2D eigenvalue weighted by atomic mass is 79.9. The maximum atomic E-state index is 5.89. The Hall–Kier alpha value is -1.66. The molecule has 18 heavy (non-hydrogen) atoms. The molecular formula is C12H8BrN3OS. The number of thiophene rings is 1. The lowest BCUT2D eigenvalue weighted by molar-refractivity contribution is 0.437. The van der Waals surface area contributed by atoms with E-state index in [9.17, 15) is 0 Å². The first kappa shape index (κ1) is 11.4. The normalized spacial score (nSPS) is 10.7. The van der Waals surface area contributed by atoms with Crippen LogP contribution < -0.4 is 5.73 Å². The van der Waals surface area contributed by atoms with Crippen molar-refractivity contribution in [3.63, 3.8) is 0 Å². The highest BCUT2D eigenvalue weighted by Gasteiger charge is 2.20. The molecule has 0 fully saturated rings. The summed E-state index contributed by atoms with van der Waals surface area (Å²) in [5, 5.41) is 5.84. The van der Waals surface area contributed by atoms with E-state index in [2.05, 4.69) is 26.1 Å². The fraction of sp³-hybridized carbons (Fsp3) is 0. The lowest BCUT2D eigenvalue weighted by Gasteiger charge is -2.00. The van der Waals surface area contributed by atoms with Crippen molar-refractivity contribution in [3.05, 3.63) is 40.4 Å². The monoisotopic (exact) mass is 321 g/mol. The first-order valence-electron chi connectivity index (χ1n) is 5.16. The first-order valence-corrected chi connectivity index (χ1v) is 6.83. The number of rotatable bonds is 2. The van der Waals surface area contributed by atoms with E-state index in [1.165, 1.54) is 0 Å². The van der Waals surface area contributed by atoms with E-state index in [-0.39, 0.29) is 0 Å². The molecule has 3 aromatic heterocycles. The van der Waals surface area contributed by atoms with E-state index in [4.69, 9.17) is 10.3 Å². The maximum absolute atomic E-state index is 5.89. The number of hydrogen-bond donors (Lipinski definition) is 1. The van der Waals surface area contributed by atoms with Gasteiger partial charge in [-0.2, -0.15) is 0 Å². The van der Waals surface area contributed by atoms with Gasteiger partial charge in [0, 0.05) is 16.9 Å². The van der Waals surface area contributed by atoms with E-state index < -0.39 is 0 Å². The molecule has 0 spiro atoms. The van der Waals surface area contributed by atoms with Gasteiger partial charge in [-0.15, -0.1) is 11.3 Å². The summed E-state index contributed by atoms with van der Waals surface area (Å²) in [6.45, 7) is 0. The van der Waals surface area contributed by atoms with Crippen molar-refractivity contribution in [2.24, 2.45) is 0 Å². The fourth-order valence-electron chi connectivity index (χ4n) is 1.71. The molecule has 0 radical (unpaired) electrons. The molecule has 0 saturated carbocycles. The minimum Gasteiger partial charge on any atom is -0.380 e. The quantitative estimate of drug-likeness (QED) is 0.779. The van der Waals surface area contributed by atoms with Gasteiger partial charge in [-0.05, 0) is 45.1 Å². The van der Waals surface area contributed by atoms with E-state index in [1.54, 1.807) is 23.7 Å². The van der Waals surface area contributed by atoms with Crippen LogP contribution in [0.3, 0.4) is 0 Å². The number of pyridine rings is 1. The van der Waals surface area contributed by atoms with Gasteiger partial charge in [0.15, 0.2) is 11.6 Å². The van der Waals surface area contributed by atoms with E-state index in [0.29, 0.717) is 11.6 Å². The smallest absolute Gasteiger partial charge is 0.187 e. The summed E-state index contributed by atoms with van der Waals surface area (Å²) in [7, 11) is 0. The Morgan fingerprint density at radius 3 is 2.67 bits per heavy atom. The highest BCUT2D eigenvalue weighted by molar-refractivity contribution is 9.10. The molecular weight excluding hydrogens is 314 g/mol. The average molecular weight is 322 g/mol. The third kappa shape index (κ3) is 1.83. The summed E-state index contributed by atoms with van der Waals surface area (Å²) in [4.78, 5) is 4.97. The molecule has 0 atom stereocenters. The molecule has 0 aliphatic rings. The molecule has 3 rings (SSSR count). The minimum atomic E-state index is 0.386. The van der Waals surface area contributed by atoms with Crippen LogP contribution in [-0.2, 0) is 0 Å². The van der Waals surface area contributed by atoms with Crippen LogP contribution in [0.5, 0.6) is 0 Å². The van der Waals surface area contributed by atoms with Crippen LogP contribution in [-0.4, -0.2) is 10.1 Å². The van der Waals surface area contributed by atoms with Gasteiger partial charge < -0.3 is 10.3 Å². The molecule has 4 nitrogen and oxygen atoms in total. The Kier molecular flexibility index (Phi) is 2.89. The SMILES string of the molecule is Nc1noc(-c2sccc2Br)c1-c1ccncc1. The number of nitrogen functional groups attached to an aromatic ring is 1. The summed E-state index contributed by atoms with van der Waals surface area (Å²) in [6.07, 6.45) is 3.43. The highest BCUT2D eigenvalue weighted by Crippen LogP contribution is 2.41. The van der Waals surface area contributed by atoms with E-state index in [1.807, 2.05) is 23.6 Å². The number of halogens is 1. The molecule has 0 amide bonds. The van der Waals surface area contributed by atoms with Crippen LogP contribution in [0.25, 0.3) is 21.8 Å². The molecule has 0 aliphatic carbocycles. The average Bonchev–Trinajstić information content (AvgIpc) is 2.96. The van der Waals surface area contributed by atoms with Gasteiger partial charge in [-0.3, -0.25) is 4.98 Å². The zero-order valence-corrected chi connectivity index (χ0v) is 11.5. The predicted molar refractivity (Wildman–Crippen MR) is 75.2 cm³/mol. The topological polar surface area (TPSA) is 64.9 Å². The van der Waals surface area contributed by atoms with Crippen LogP contribution in [0.4, 0.5) is 5.82 Å². The molecule has 3 heterocycles. The van der Waals surface area contributed by atoms with Crippen molar-refractivity contribution < 1.29 is 4.52 Å². The van der Waals surface area contributed by atoms with Crippen molar-refractivity contribution in [2.45, 2.75) is 0 Å². The third-order valence-electron chi connectivity index (χ3n) is 2.51. The van der Waals surface area contributed by atoms with Crippen molar-refractivity contribution in [1.82, 2.24) is 10.1 Å². The van der Waals surface area contributed by atoms with Crippen molar-refractivity contribution in [2.75, 3.05) is 5.73 Å². The fourth-order valence-corrected chi connectivity index (χ4v) is 3.25. The molecule has 0 aromatic carbocycles. The van der Waals surface area contributed by atoms with Crippen LogP contribution in [0.1, 0.15) is 0 Å². The van der Waals surface area contributed by atoms with Crippen molar-refractivity contribution in [3.8, 4) is 21.8 Å². The van der Waals surface area contributed by atoms with Crippen LogP contribution in [0.15, 0.2) is 45.0 Å². The van der Waals surface area contributed by atoms with Gasteiger partial charge in [-0.1, -0.05) is 5.16 Å². The summed E-state index contributed by atoms with van der Waals surface area (Å²) in [5.74, 6) is 1.07. The lowest BCUT2D eigenvalue weighted by Crippen LogP contribution is -1.88. The van der Waals surface area contributed by atoms with Gasteiger partial charge in [0.1, 0.15) is 0 Å². The van der Waals surface area contributed by atoms with E-state index in [0.717, 1.165) is 20.5 Å². The van der Waals surface area contributed by atoms with Gasteiger partial charge >= 0.3 is 0 Å². The number of nitrogens with two attached hydrogens (primary N) is 1. The minimum absolute atomic E-state index is 0.386.